The van der Waals surface area contributed by atoms with Crippen molar-refractivity contribution in [2.45, 2.75) is 56.3 Å². The second kappa shape index (κ2) is 9.70. The smallest absolute Gasteiger partial charge is 0.233 e. The van der Waals surface area contributed by atoms with Crippen LogP contribution < -0.4 is 4.90 Å². The van der Waals surface area contributed by atoms with Gasteiger partial charge >= 0.3 is 0 Å². The second-order valence-corrected chi connectivity index (χ2v) is 12.6. The first-order chi connectivity index (χ1) is 15.6. The lowest BCUT2D eigenvalue weighted by Crippen LogP contribution is -2.38. The molecule has 1 amide bonds. The van der Waals surface area contributed by atoms with E-state index in [0.29, 0.717) is 23.3 Å². The fraction of sp³-hybridized carbons (Fsp3) is 0.417. The van der Waals surface area contributed by atoms with Gasteiger partial charge in [0.2, 0.25) is 5.91 Å². The number of aryl methyl sites for hydroxylation is 1. The summed E-state index contributed by atoms with van der Waals surface area (Å²) in [6, 6.07) is 10.3. The number of amides is 1. The van der Waals surface area contributed by atoms with Gasteiger partial charge < -0.3 is 4.74 Å². The van der Waals surface area contributed by atoms with E-state index in [1.165, 1.54) is 11.3 Å². The van der Waals surface area contributed by atoms with E-state index < -0.39 is 15.1 Å². The van der Waals surface area contributed by atoms with Gasteiger partial charge in [0.15, 0.2) is 15.0 Å². The molecular weight excluding hydrogens is 480 g/mol. The van der Waals surface area contributed by atoms with Gasteiger partial charge in [0.25, 0.3) is 0 Å². The number of hydrogen-bond acceptors (Lipinski definition) is 6. The molecule has 0 bridgehead atoms. The van der Waals surface area contributed by atoms with Crippen LogP contribution in [0, 0.1) is 6.92 Å². The Morgan fingerprint density at radius 2 is 2.00 bits per heavy atom. The van der Waals surface area contributed by atoms with Crippen LogP contribution in [-0.2, 0) is 25.8 Å². The van der Waals surface area contributed by atoms with E-state index in [1.807, 2.05) is 19.1 Å². The minimum absolute atomic E-state index is 0.0239. The van der Waals surface area contributed by atoms with Gasteiger partial charge in [-0.1, -0.05) is 35.1 Å². The van der Waals surface area contributed by atoms with Crippen LogP contribution in [0.25, 0.3) is 10.2 Å². The van der Waals surface area contributed by atoms with Gasteiger partial charge in [-0.2, -0.15) is 0 Å². The van der Waals surface area contributed by atoms with E-state index in [9.17, 15) is 13.2 Å². The number of fused-ring (bicyclic) bond motifs is 1. The number of ether oxygens (including phenoxy) is 1. The van der Waals surface area contributed by atoms with E-state index in [4.69, 9.17) is 21.3 Å². The Kier molecular flexibility index (Phi) is 7.09. The number of anilines is 1. The van der Waals surface area contributed by atoms with Crippen molar-refractivity contribution in [3.8, 4) is 0 Å². The quantitative estimate of drug-likeness (QED) is 0.440. The van der Waals surface area contributed by atoms with Crippen molar-refractivity contribution in [3.05, 3.63) is 52.5 Å². The van der Waals surface area contributed by atoms with Gasteiger partial charge in [0, 0.05) is 11.6 Å². The molecule has 1 fully saturated rings. The van der Waals surface area contributed by atoms with E-state index in [1.54, 1.807) is 43.0 Å². The summed E-state index contributed by atoms with van der Waals surface area (Å²) in [6.45, 7) is 6.40. The summed E-state index contributed by atoms with van der Waals surface area (Å²) in [5.41, 5.74) is 2.56. The highest BCUT2D eigenvalue weighted by molar-refractivity contribution is 7.92. The van der Waals surface area contributed by atoms with Crippen LogP contribution in [0.5, 0.6) is 0 Å². The molecule has 1 atom stereocenters. The summed E-state index contributed by atoms with van der Waals surface area (Å²) in [5, 5.41) is 0.765. The molecule has 1 unspecified atom stereocenters. The summed E-state index contributed by atoms with van der Waals surface area (Å²) < 4.78 is 31.5. The van der Waals surface area contributed by atoms with Gasteiger partial charge in [-0.15, -0.1) is 0 Å². The topological polar surface area (TPSA) is 76.6 Å². The second-order valence-electron chi connectivity index (χ2n) is 8.62. The van der Waals surface area contributed by atoms with Gasteiger partial charge in [-0.25, -0.2) is 13.4 Å². The standard InChI is InChI=1S/C24H27ClN2O4S2/c1-15(2)33(29,30)20-8-6-17(7-9-20)12-22(28)27(14-19-5-4-10-31-19)24-26-23-16(3)11-18(25)13-21(23)32-24/h6-9,11,13,15,19H,4-5,10,12,14H2,1-3H3. The molecule has 4 rings (SSSR count). The number of nitrogens with zero attached hydrogens (tertiary/aromatic N) is 2. The molecule has 1 saturated heterocycles. The first kappa shape index (κ1) is 24.1. The third kappa shape index (κ3) is 5.24. The SMILES string of the molecule is Cc1cc(Cl)cc2sc(N(CC3CCCO3)C(=O)Cc3ccc(S(=O)(=O)C(C)C)cc3)nc12. The largest absolute Gasteiger partial charge is 0.376 e. The Labute approximate surface area is 203 Å². The highest BCUT2D eigenvalue weighted by Crippen LogP contribution is 2.34. The molecule has 0 spiro atoms. The summed E-state index contributed by atoms with van der Waals surface area (Å²) in [5.74, 6) is -0.104. The molecule has 1 aromatic heterocycles. The summed E-state index contributed by atoms with van der Waals surface area (Å²) in [4.78, 5) is 20.1. The molecule has 6 nitrogen and oxygen atoms in total. The van der Waals surface area contributed by atoms with Crippen molar-refractivity contribution in [3.63, 3.8) is 0 Å². The van der Waals surface area contributed by atoms with Gasteiger partial charge in [0.1, 0.15) is 0 Å². The summed E-state index contributed by atoms with van der Waals surface area (Å²) in [7, 11) is -3.35. The lowest BCUT2D eigenvalue weighted by molar-refractivity contribution is -0.118. The van der Waals surface area contributed by atoms with Crippen LogP contribution >= 0.6 is 22.9 Å². The highest BCUT2D eigenvalue weighted by atomic mass is 35.5. The van der Waals surface area contributed by atoms with Crippen LogP contribution in [0.15, 0.2) is 41.3 Å². The van der Waals surface area contributed by atoms with Crippen molar-refractivity contribution in [1.29, 1.82) is 0 Å². The number of sulfone groups is 1. The van der Waals surface area contributed by atoms with Crippen LogP contribution in [0.3, 0.4) is 0 Å². The highest BCUT2D eigenvalue weighted by Gasteiger charge is 2.27. The van der Waals surface area contributed by atoms with Crippen LogP contribution in [-0.4, -0.2) is 43.8 Å². The average molecular weight is 507 g/mol. The third-order valence-corrected chi connectivity index (χ3v) is 9.22. The lowest BCUT2D eigenvalue weighted by atomic mass is 10.1. The molecule has 2 aromatic carbocycles. The van der Waals surface area contributed by atoms with Crippen molar-refractivity contribution in [2.75, 3.05) is 18.1 Å². The van der Waals surface area contributed by atoms with Crippen molar-refractivity contribution < 1.29 is 17.9 Å². The monoisotopic (exact) mass is 506 g/mol. The zero-order valence-electron chi connectivity index (χ0n) is 18.9. The first-order valence-electron chi connectivity index (χ1n) is 11.0. The Morgan fingerprint density at radius 3 is 2.64 bits per heavy atom. The molecule has 2 heterocycles. The van der Waals surface area contributed by atoms with Crippen LogP contribution in [0.2, 0.25) is 5.02 Å². The van der Waals surface area contributed by atoms with Crippen LogP contribution in [0.1, 0.15) is 37.8 Å². The molecule has 1 aliphatic rings. The first-order valence-corrected chi connectivity index (χ1v) is 13.7. The molecule has 0 radical (unpaired) electrons. The summed E-state index contributed by atoms with van der Waals surface area (Å²) >= 11 is 7.66. The van der Waals surface area contributed by atoms with Gasteiger partial charge in [-0.05, 0) is 69.0 Å². The van der Waals surface area contributed by atoms with Gasteiger partial charge in [-0.3, -0.25) is 9.69 Å². The normalized spacial score (nSPS) is 16.6. The predicted octanol–water partition coefficient (Wildman–Crippen LogP) is 5.19. The third-order valence-electron chi connectivity index (χ3n) is 5.81. The van der Waals surface area contributed by atoms with E-state index in [-0.39, 0.29) is 23.3 Å². The summed E-state index contributed by atoms with van der Waals surface area (Å²) in [6.07, 6.45) is 2.00. The molecular formula is C24H27ClN2O4S2. The van der Waals surface area contributed by atoms with E-state index in [0.717, 1.165) is 34.2 Å². The number of carbonyl (C=O) groups excluding carboxylic acids is 1. The van der Waals surface area contributed by atoms with E-state index >= 15 is 0 Å². The Balaban J connectivity index is 1.61. The number of rotatable bonds is 7. The maximum atomic E-state index is 13.4. The number of thiazole rings is 1. The maximum Gasteiger partial charge on any atom is 0.233 e. The lowest BCUT2D eigenvalue weighted by Gasteiger charge is -2.23. The molecule has 1 aliphatic heterocycles. The molecule has 33 heavy (non-hydrogen) atoms. The van der Waals surface area contributed by atoms with Gasteiger partial charge in [0.05, 0.1) is 39.4 Å². The Hall–Kier alpha value is -2.00. The zero-order chi connectivity index (χ0) is 23.8. The fourth-order valence-corrected chi connectivity index (χ4v) is 6.38. The number of halogens is 1. The molecule has 0 saturated carbocycles. The van der Waals surface area contributed by atoms with Crippen molar-refractivity contribution >= 4 is 54.0 Å². The zero-order valence-corrected chi connectivity index (χ0v) is 21.3. The number of carbonyl (C=O) groups is 1. The maximum absolute atomic E-state index is 13.4. The average Bonchev–Trinajstić information content (AvgIpc) is 3.42. The fourth-order valence-electron chi connectivity index (χ4n) is 3.88. The molecule has 3 aromatic rings. The Bertz CT molecular complexity index is 1260. The number of aromatic nitrogens is 1. The predicted molar refractivity (Wildman–Crippen MR) is 133 cm³/mol. The Morgan fingerprint density at radius 1 is 1.27 bits per heavy atom. The molecule has 9 heteroatoms. The molecule has 176 valence electrons. The number of hydrogen-bond donors (Lipinski definition) is 0. The molecule has 0 aliphatic carbocycles. The van der Waals surface area contributed by atoms with Crippen LogP contribution in [0.4, 0.5) is 5.13 Å². The molecule has 0 N–H and O–H groups in total. The van der Waals surface area contributed by atoms with E-state index in [2.05, 4.69) is 0 Å². The number of benzene rings is 2. The minimum Gasteiger partial charge on any atom is -0.376 e. The van der Waals surface area contributed by atoms with Crippen molar-refractivity contribution in [1.82, 2.24) is 4.98 Å². The van der Waals surface area contributed by atoms with Crippen molar-refractivity contribution in [2.24, 2.45) is 0 Å². The minimum atomic E-state index is -3.35.